The lowest BCUT2D eigenvalue weighted by Gasteiger charge is -2.42. The van der Waals surface area contributed by atoms with Crippen molar-refractivity contribution in [2.75, 3.05) is 26.2 Å². The zero-order chi connectivity index (χ0) is 27.6. The van der Waals surface area contributed by atoms with Gasteiger partial charge in [-0.3, -0.25) is 0 Å². The fourth-order valence-corrected chi connectivity index (χ4v) is 4.63. The lowest BCUT2D eigenvalue weighted by molar-refractivity contribution is -0.192. The van der Waals surface area contributed by atoms with Gasteiger partial charge in [0.1, 0.15) is 17.2 Å². The summed E-state index contributed by atoms with van der Waals surface area (Å²) in [5, 5.41) is 19.1. The van der Waals surface area contributed by atoms with Crippen molar-refractivity contribution >= 4 is 5.97 Å². The van der Waals surface area contributed by atoms with E-state index in [1.807, 2.05) is 60.7 Å². The number of piperidine rings is 1. The largest absolute Gasteiger partial charge is 0.493 e. The number of aliphatic carboxylic acids is 1. The molecular formula is C29H31F4NO4. The molecule has 5 nitrogen and oxygen atoms in total. The molecule has 0 bridgehead atoms. The van der Waals surface area contributed by atoms with Crippen molar-refractivity contribution in [3.05, 3.63) is 102 Å². The maximum Gasteiger partial charge on any atom is 0.490 e. The molecule has 0 atom stereocenters. The summed E-state index contributed by atoms with van der Waals surface area (Å²) in [6, 6.07) is 26.4. The number of ether oxygens (including phenoxy) is 1. The Morgan fingerprint density at radius 2 is 1.42 bits per heavy atom. The average molecular weight is 534 g/mol. The van der Waals surface area contributed by atoms with Crippen molar-refractivity contribution in [2.45, 2.75) is 31.0 Å². The van der Waals surface area contributed by atoms with Gasteiger partial charge in [0, 0.05) is 12.6 Å². The second-order valence-corrected chi connectivity index (χ2v) is 9.08. The van der Waals surface area contributed by atoms with Crippen LogP contribution in [0.5, 0.6) is 5.75 Å². The number of rotatable bonds is 8. The normalized spacial score (nSPS) is 14.9. The Morgan fingerprint density at radius 3 is 1.89 bits per heavy atom. The van der Waals surface area contributed by atoms with Gasteiger partial charge in [-0.25, -0.2) is 9.18 Å². The summed E-state index contributed by atoms with van der Waals surface area (Å²) in [7, 11) is 0. The van der Waals surface area contributed by atoms with Crippen LogP contribution in [0.3, 0.4) is 0 Å². The number of hydrogen-bond donors (Lipinski definition) is 2. The van der Waals surface area contributed by atoms with Gasteiger partial charge >= 0.3 is 12.1 Å². The lowest BCUT2D eigenvalue weighted by Crippen LogP contribution is -2.44. The smallest absolute Gasteiger partial charge is 0.490 e. The summed E-state index contributed by atoms with van der Waals surface area (Å²) in [6.45, 7) is 3.41. The Labute approximate surface area is 219 Å². The van der Waals surface area contributed by atoms with Gasteiger partial charge in [0.15, 0.2) is 0 Å². The first-order chi connectivity index (χ1) is 18.1. The summed E-state index contributed by atoms with van der Waals surface area (Å²) < 4.78 is 50.6. The van der Waals surface area contributed by atoms with Crippen LogP contribution in [-0.4, -0.2) is 53.5 Å². The summed E-state index contributed by atoms with van der Waals surface area (Å²) in [5.41, 5.74) is 0.945. The minimum atomic E-state index is -5.08. The summed E-state index contributed by atoms with van der Waals surface area (Å²) in [6.07, 6.45) is -2.32. The Morgan fingerprint density at radius 1 is 0.895 bits per heavy atom. The van der Waals surface area contributed by atoms with Gasteiger partial charge in [-0.2, -0.15) is 13.2 Å². The molecule has 2 N–H and O–H groups in total. The standard InChI is InChI=1S/C27H30FNO2.C2HF3O2/c28-25-13-7-14-26(21-25)31-20-8-17-29-18-15-24(16-19-29)27(30,22-9-3-1-4-10-22)23-11-5-2-6-12-23;3-2(4,5)1(6)7/h1-7,9-14,21,24,30H,8,15-20H2;(H,6,7). The van der Waals surface area contributed by atoms with Crippen LogP contribution in [0, 0.1) is 11.7 Å². The van der Waals surface area contributed by atoms with E-state index in [0.717, 1.165) is 50.0 Å². The van der Waals surface area contributed by atoms with Gasteiger partial charge in [-0.15, -0.1) is 0 Å². The molecule has 9 heteroatoms. The molecule has 0 unspecified atom stereocenters. The van der Waals surface area contributed by atoms with Gasteiger partial charge < -0.3 is 19.8 Å². The SMILES string of the molecule is O=C(O)C(F)(F)F.OC(c1ccccc1)(c1ccccc1)C1CCN(CCCOc2cccc(F)c2)CC1. The zero-order valence-corrected chi connectivity index (χ0v) is 20.8. The lowest BCUT2D eigenvalue weighted by atomic mass is 9.72. The molecule has 0 saturated carbocycles. The van der Waals surface area contributed by atoms with Gasteiger partial charge in [-0.1, -0.05) is 66.7 Å². The van der Waals surface area contributed by atoms with E-state index in [1.165, 1.54) is 12.1 Å². The number of hydrogen-bond acceptors (Lipinski definition) is 4. The van der Waals surface area contributed by atoms with E-state index in [9.17, 15) is 22.7 Å². The van der Waals surface area contributed by atoms with Crippen LogP contribution in [0.2, 0.25) is 0 Å². The number of halogens is 4. The van der Waals surface area contributed by atoms with E-state index >= 15 is 0 Å². The summed E-state index contributed by atoms with van der Waals surface area (Å²) in [4.78, 5) is 11.3. The van der Waals surface area contributed by atoms with Crippen molar-refractivity contribution in [1.29, 1.82) is 0 Å². The number of nitrogens with zero attached hydrogens (tertiary/aromatic N) is 1. The third-order valence-corrected chi connectivity index (χ3v) is 6.53. The molecule has 1 fully saturated rings. The van der Waals surface area contributed by atoms with Gasteiger partial charge in [-0.05, 0) is 61.5 Å². The highest BCUT2D eigenvalue weighted by Gasteiger charge is 2.41. The molecule has 1 saturated heterocycles. The maximum atomic E-state index is 13.2. The van der Waals surface area contributed by atoms with E-state index in [-0.39, 0.29) is 11.7 Å². The highest BCUT2D eigenvalue weighted by molar-refractivity contribution is 5.73. The molecule has 0 spiro atoms. The fourth-order valence-electron chi connectivity index (χ4n) is 4.63. The highest BCUT2D eigenvalue weighted by Crippen LogP contribution is 2.41. The van der Waals surface area contributed by atoms with Crippen LogP contribution in [0.25, 0.3) is 0 Å². The molecular weight excluding hydrogens is 502 g/mol. The monoisotopic (exact) mass is 533 g/mol. The highest BCUT2D eigenvalue weighted by atomic mass is 19.4. The third kappa shape index (κ3) is 8.03. The molecule has 0 amide bonds. The second-order valence-electron chi connectivity index (χ2n) is 9.08. The predicted octanol–water partition coefficient (Wildman–Crippen LogP) is 5.88. The average Bonchev–Trinajstić information content (AvgIpc) is 2.92. The van der Waals surface area contributed by atoms with Gasteiger partial charge in [0.2, 0.25) is 0 Å². The van der Waals surface area contributed by atoms with E-state index in [0.29, 0.717) is 12.4 Å². The Kier molecular flexibility index (Phi) is 10.3. The van der Waals surface area contributed by atoms with Crippen molar-refractivity contribution in [3.8, 4) is 5.75 Å². The molecule has 1 heterocycles. The van der Waals surface area contributed by atoms with E-state index in [2.05, 4.69) is 4.90 Å². The first-order valence-electron chi connectivity index (χ1n) is 12.3. The second kappa shape index (κ2) is 13.4. The molecule has 0 aromatic heterocycles. The number of aliphatic hydroxyl groups is 1. The Balaban J connectivity index is 0.000000505. The topological polar surface area (TPSA) is 70.0 Å². The van der Waals surface area contributed by atoms with Crippen LogP contribution < -0.4 is 4.74 Å². The van der Waals surface area contributed by atoms with Crippen LogP contribution in [0.1, 0.15) is 30.4 Å². The van der Waals surface area contributed by atoms with Crippen LogP contribution in [0.4, 0.5) is 17.6 Å². The van der Waals surface area contributed by atoms with Crippen molar-refractivity contribution < 1.29 is 37.3 Å². The summed E-state index contributed by atoms with van der Waals surface area (Å²) in [5.74, 6) is -2.29. The number of likely N-dealkylation sites (tertiary alicyclic amines) is 1. The van der Waals surface area contributed by atoms with Crippen LogP contribution >= 0.6 is 0 Å². The number of carbonyl (C=O) groups is 1. The first-order valence-corrected chi connectivity index (χ1v) is 12.3. The van der Waals surface area contributed by atoms with E-state index in [4.69, 9.17) is 14.6 Å². The minimum Gasteiger partial charge on any atom is -0.493 e. The third-order valence-electron chi connectivity index (χ3n) is 6.53. The maximum absolute atomic E-state index is 13.2. The summed E-state index contributed by atoms with van der Waals surface area (Å²) >= 11 is 0. The molecule has 1 aliphatic rings. The fraction of sp³-hybridized carbons (Fsp3) is 0.345. The zero-order valence-electron chi connectivity index (χ0n) is 20.8. The van der Waals surface area contributed by atoms with Crippen molar-refractivity contribution in [1.82, 2.24) is 4.90 Å². The molecule has 38 heavy (non-hydrogen) atoms. The predicted molar refractivity (Wildman–Crippen MR) is 135 cm³/mol. The molecule has 0 aliphatic carbocycles. The Hall–Kier alpha value is -3.43. The minimum absolute atomic E-state index is 0.164. The number of benzene rings is 3. The molecule has 0 radical (unpaired) electrons. The molecule has 3 aromatic carbocycles. The van der Waals surface area contributed by atoms with Crippen molar-refractivity contribution in [3.63, 3.8) is 0 Å². The quantitative estimate of drug-likeness (QED) is 0.280. The van der Waals surface area contributed by atoms with Crippen LogP contribution in [-0.2, 0) is 10.4 Å². The first kappa shape index (κ1) is 29.1. The molecule has 204 valence electrons. The Bertz CT molecular complexity index is 1090. The van der Waals surface area contributed by atoms with Crippen molar-refractivity contribution in [2.24, 2.45) is 5.92 Å². The van der Waals surface area contributed by atoms with E-state index < -0.39 is 17.7 Å². The van der Waals surface area contributed by atoms with Crippen LogP contribution in [0.15, 0.2) is 84.9 Å². The van der Waals surface area contributed by atoms with Gasteiger partial charge in [0.05, 0.1) is 6.61 Å². The van der Waals surface area contributed by atoms with Gasteiger partial charge in [0.25, 0.3) is 0 Å². The number of alkyl halides is 3. The molecule has 3 aromatic rings. The van der Waals surface area contributed by atoms with E-state index in [1.54, 1.807) is 12.1 Å². The molecule has 1 aliphatic heterocycles. The molecule has 4 rings (SSSR count). The number of carboxylic acid groups (broad SMARTS) is 1. The number of carboxylic acids is 1.